The summed E-state index contributed by atoms with van der Waals surface area (Å²) in [6.07, 6.45) is 3.94. The zero-order valence-electron chi connectivity index (χ0n) is 17.4. The Kier molecular flexibility index (Phi) is 5.55. The van der Waals surface area contributed by atoms with E-state index in [1.807, 2.05) is 0 Å². The van der Waals surface area contributed by atoms with Gasteiger partial charge in [0.1, 0.15) is 12.3 Å². The Bertz CT molecular complexity index is 982. The van der Waals surface area contributed by atoms with Gasteiger partial charge in [-0.2, -0.15) is 0 Å². The van der Waals surface area contributed by atoms with Gasteiger partial charge in [0, 0.05) is 18.4 Å². The zero-order valence-corrected chi connectivity index (χ0v) is 17.4. The first-order valence-corrected chi connectivity index (χ1v) is 9.96. The predicted octanol–water partition coefficient (Wildman–Crippen LogP) is 1.58. The lowest BCUT2D eigenvalue weighted by Gasteiger charge is -2.19. The molecule has 0 unspecified atom stereocenters. The number of carbonyl (C=O) groups excluding carboxylic acids is 1. The van der Waals surface area contributed by atoms with Gasteiger partial charge in [-0.15, -0.1) is 0 Å². The van der Waals surface area contributed by atoms with Crippen molar-refractivity contribution in [3.05, 3.63) is 46.7 Å². The highest BCUT2D eigenvalue weighted by atomic mass is 16.5. The number of benzene rings is 2. The summed E-state index contributed by atoms with van der Waals surface area (Å²) in [6.45, 7) is 2.64. The van der Waals surface area contributed by atoms with Crippen LogP contribution in [0.3, 0.4) is 0 Å². The number of carbonyl (C=O) groups is 1. The van der Waals surface area contributed by atoms with Gasteiger partial charge < -0.3 is 29.0 Å². The highest BCUT2D eigenvalue weighted by molar-refractivity contribution is 6.15. The van der Waals surface area contributed by atoms with E-state index in [1.54, 1.807) is 24.3 Å². The van der Waals surface area contributed by atoms with Gasteiger partial charge in [0.25, 0.3) is 0 Å². The van der Waals surface area contributed by atoms with Crippen molar-refractivity contribution < 1.29 is 33.7 Å². The molecule has 2 aliphatic rings. The lowest BCUT2D eigenvalue weighted by Crippen LogP contribution is -3.08. The maximum Gasteiger partial charge on any atom is 0.231 e. The molecular weight excluding hydrogens is 386 g/mol. The summed E-state index contributed by atoms with van der Waals surface area (Å²) in [5.41, 5.74) is 1.67. The van der Waals surface area contributed by atoms with Crippen molar-refractivity contribution in [1.29, 1.82) is 0 Å². The Balaban J connectivity index is 1.70. The van der Waals surface area contributed by atoms with Crippen LogP contribution in [0.4, 0.5) is 0 Å². The molecule has 0 radical (unpaired) electrons. The molecule has 4 rings (SSSR count). The van der Waals surface area contributed by atoms with Gasteiger partial charge in [-0.05, 0) is 29.8 Å². The van der Waals surface area contributed by atoms with Crippen LogP contribution in [0.5, 0.6) is 28.7 Å². The number of Topliss-reactive ketones (excluding diaryl/α,β-unsaturated/α-hetero) is 1. The van der Waals surface area contributed by atoms with E-state index in [0.717, 1.165) is 25.9 Å². The molecule has 0 amide bonds. The summed E-state index contributed by atoms with van der Waals surface area (Å²) < 4.78 is 22.0. The molecule has 1 saturated heterocycles. The summed E-state index contributed by atoms with van der Waals surface area (Å²) in [5, 5.41) is 12.5. The van der Waals surface area contributed by atoms with Gasteiger partial charge in [-0.1, -0.05) is 11.8 Å². The molecule has 7 heteroatoms. The van der Waals surface area contributed by atoms with Crippen molar-refractivity contribution in [2.45, 2.75) is 19.4 Å². The minimum atomic E-state index is -0.239. The van der Waals surface area contributed by atoms with Crippen molar-refractivity contribution in [3.63, 3.8) is 0 Å². The van der Waals surface area contributed by atoms with Crippen LogP contribution in [-0.4, -0.2) is 40.2 Å². The highest BCUT2D eigenvalue weighted by Gasteiger charge is 2.31. The quantitative estimate of drug-likeness (QED) is 0.727. The Morgan fingerprint density at radius 2 is 1.73 bits per heavy atom. The average Bonchev–Trinajstić information content (AvgIpc) is 3.37. The molecule has 2 aromatic carbocycles. The molecule has 0 atom stereocenters. The second-order valence-corrected chi connectivity index (χ2v) is 7.45. The van der Waals surface area contributed by atoms with Crippen LogP contribution in [0.2, 0.25) is 0 Å². The lowest BCUT2D eigenvalue weighted by atomic mass is 10.0. The molecule has 2 aromatic rings. The number of ether oxygens (including phenoxy) is 4. The molecule has 0 aliphatic carbocycles. The molecule has 30 heavy (non-hydrogen) atoms. The van der Waals surface area contributed by atoms with Crippen molar-refractivity contribution >= 4 is 11.9 Å². The number of hydrogen-bond acceptors (Lipinski definition) is 6. The zero-order chi connectivity index (χ0) is 21.3. The molecule has 1 fully saturated rings. The predicted molar refractivity (Wildman–Crippen MR) is 109 cm³/mol. The molecular formula is C23H25NO6. The molecule has 0 bridgehead atoms. The fourth-order valence-corrected chi connectivity index (χ4v) is 4.09. The number of allylic oxidation sites excluding steroid dienone is 1. The lowest BCUT2D eigenvalue weighted by molar-refractivity contribution is -0.901. The van der Waals surface area contributed by atoms with Crippen LogP contribution >= 0.6 is 0 Å². The van der Waals surface area contributed by atoms with E-state index in [9.17, 15) is 9.90 Å². The molecule has 0 aromatic heterocycles. The number of likely N-dealkylation sites (tertiary alicyclic amines) is 1. The van der Waals surface area contributed by atoms with E-state index in [1.165, 1.54) is 32.3 Å². The summed E-state index contributed by atoms with van der Waals surface area (Å²) in [5.74, 6) is 1.66. The summed E-state index contributed by atoms with van der Waals surface area (Å²) >= 11 is 0. The van der Waals surface area contributed by atoms with Gasteiger partial charge >= 0.3 is 0 Å². The third-order valence-electron chi connectivity index (χ3n) is 5.62. The molecule has 2 heterocycles. The molecule has 0 saturated carbocycles. The Labute approximate surface area is 175 Å². The maximum absolute atomic E-state index is 12.9. The van der Waals surface area contributed by atoms with Crippen LogP contribution in [0.15, 0.2) is 30.0 Å². The van der Waals surface area contributed by atoms with Crippen molar-refractivity contribution in [1.82, 2.24) is 0 Å². The minimum absolute atomic E-state index is 0.0880. The van der Waals surface area contributed by atoms with Gasteiger partial charge in [-0.3, -0.25) is 4.79 Å². The molecule has 158 valence electrons. The van der Waals surface area contributed by atoms with Crippen LogP contribution in [0.1, 0.15) is 34.3 Å². The van der Waals surface area contributed by atoms with Crippen molar-refractivity contribution in [3.8, 4) is 28.7 Å². The number of hydrogen-bond donors (Lipinski definition) is 1. The third kappa shape index (κ3) is 3.57. The maximum atomic E-state index is 12.9. The third-order valence-corrected chi connectivity index (χ3v) is 5.62. The Morgan fingerprint density at radius 3 is 2.33 bits per heavy atom. The van der Waals surface area contributed by atoms with E-state index in [2.05, 4.69) is 0 Å². The van der Waals surface area contributed by atoms with E-state index in [4.69, 9.17) is 18.9 Å². The fraction of sp³-hybridized carbons (Fsp3) is 0.348. The van der Waals surface area contributed by atoms with Crippen LogP contribution in [0, 0.1) is 0 Å². The van der Waals surface area contributed by atoms with Gasteiger partial charge in [-0.25, -0.2) is 0 Å². The summed E-state index contributed by atoms with van der Waals surface area (Å²) in [7, 11) is 4.59. The number of ketones is 1. The minimum Gasteiger partial charge on any atom is -0.872 e. The average molecular weight is 411 g/mol. The van der Waals surface area contributed by atoms with E-state index in [-0.39, 0.29) is 17.3 Å². The van der Waals surface area contributed by atoms with Crippen LogP contribution in [0.25, 0.3) is 6.08 Å². The smallest absolute Gasteiger partial charge is 0.231 e. The molecule has 0 spiro atoms. The van der Waals surface area contributed by atoms with Gasteiger partial charge in [0.05, 0.1) is 40.0 Å². The normalized spacial score (nSPS) is 17.2. The second-order valence-electron chi connectivity index (χ2n) is 7.45. The number of methoxy groups -OCH3 is 3. The molecule has 2 aliphatic heterocycles. The topological polar surface area (TPSA) is 81.5 Å². The van der Waals surface area contributed by atoms with Gasteiger partial charge in [0.2, 0.25) is 11.5 Å². The largest absolute Gasteiger partial charge is 0.872 e. The number of rotatable bonds is 6. The van der Waals surface area contributed by atoms with Crippen molar-refractivity contribution in [2.75, 3.05) is 34.4 Å². The second kappa shape index (κ2) is 8.28. The standard InChI is InChI=1S/C23H25NO6/c1-27-19-11-14(12-20(28-2)23(19)29-3)10-18-21(26)15-6-7-17(25)16(22(15)30-18)13-24-8-4-5-9-24/h6-7,10-12,25H,4-5,8-9,13H2,1-3H3. The first-order valence-electron chi connectivity index (χ1n) is 9.96. The summed E-state index contributed by atoms with van der Waals surface area (Å²) in [6, 6.07) is 6.50. The first-order chi connectivity index (χ1) is 14.5. The molecule has 7 nitrogen and oxygen atoms in total. The first kappa shape index (κ1) is 20.1. The molecule has 1 N–H and O–H groups in total. The number of quaternary nitrogens is 1. The fourth-order valence-electron chi connectivity index (χ4n) is 4.09. The highest BCUT2D eigenvalue weighted by Crippen LogP contribution is 2.41. The van der Waals surface area contributed by atoms with Crippen LogP contribution < -0.4 is 29.0 Å². The summed E-state index contributed by atoms with van der Waals surface area (Å²) in [4.78, 5) is 14.3. The number of nitrogens with one attached hydrogen (secondary N) is 1. The van der Waals surface area contributed by atoms with Crippen LogP contribution in [-0.2, 0) is 6.54 Å². The van der Waals surface area contributed by atoms with E-state index < -0.39 is 0 Å². The Hall–Kier alpha value is -3.19. The van der Waals surface area contributed by atoms with E-state index >= 15 is 0 Å². The SMILES string of the molecule is COc1cc(C=C2Oc3c(ccc([O-])c3C[NH+]3CCCC3)C2=O)cc(OC)c1OC. The van der Waals surface area contributed by atoms with Crippen molar-refractivity contribution in [2.24, 2.45) is 0 Å². The Morgan fingerprint density at radius 1 is 1.07 bits per heavy atom. The monoisotopic (exact) mass is 411 g/mol. The number of fused-ring (bicyclic) bond motifs is 1. The van der Waals surface area contributed by atoms with Gasteiger partial charge in [0.15, 0.2) is 17.3 Å². The van der Waals surface area contributed by atoms with E-state index in [0.29, 0.717) is 46.2 Å².